The number of pyridine rings is 1. The van der Waals surface area contributed by atoms with Gasteiger partial charge in [0.25, 0.3) is 0 Å². The van der Waals surface area contributed by atoms with E-state index in [1.807, 2.05) is 49.9 Å². The molecule has 0 N–H and O–H groups in total. The van der Waals surface area contributed by atoms with Crippen LogP contribution in [0.5, 0.6) is 0 Å². The first kappa shape index (κ1) is 16.6. The fourth-order valence-corrected chi connectivity index (χ4v) is 3.94. The molecule has 1 aromatic heterocycles. The van der Waals surface area contributed by atoms with Crippen molar-refractivity contribution in [3.63, 3.8) is 0 Å². The molecule has 1 aromatic carbocycles. The lowest BCUT2D eigenvalue weighted by Gasteiger charge is -2.56. The molecule has 2 atom stereocenters. The van der Waals surface area contributed by atoms with Crippen molar-refractivity contribution in [1.82, 2.24) is 9.88 Å². The lowest BCUT2D eigenvalue weighted by Crippen LogP contribution is -2.70. The summed E-state index contributed by atoms with van der Waals surface area (Å²) in [4.78, 5) is 21.0. The number of rotatable bonds is 1. The summed E-state index contributed by atoms with van der Waals surface area (Å²) in [7, 11) is 0. The van der Waals surface area contributed by atoms with Crippen molar-refractivity contribution in [3.05, 3.63) is 36.0 Å². The molecule has 2 aromatic rings. The van der Waals surface area contributed by atoms with Gasteiger partial charge < -0.3 is 9.64 Å². The molecule has 134 valence electrons. The average molecular weight is 350 g/mol. The van der Waals surface area contributed by atoms with Crippen LogP contribution in [0, 0.1) is 11.3 Å². The molecule has 3 fully saturated rings. The van der Waals surface area contributed by atoms with Crippen molar-refractivity contribution in [1.29, 1.82) is 5.26 Å². The van der Waals surface area contributed by atoms with Crippen molar-refractivity contribution in [3.8, 4) is 6.07 Å². The van der Waals surface area contributed by atoms with Gasteiger partial charge in [-0.1, -0.05) is 0 Å². The quantitative estimate of drug-likeness (QED) is 0.789. The van der Waals surface area contributed by atoms with Gasteiger partial charge in [-0.3, -0.25) is 9.88 Å². The zero-order valence-corrected chi connectivity index (χ0v) is 15.3. The van der Waals surface area contributed by atoms with E-state index in [-0.39, 0.29) is 18.2 Å². The number of nitrogens with zero attached hydrogens (tertiary/aromatic N) is 4. The SMILES string of the molecule is CC(C)(C)OC(=O)N1C2CC1CN(c1ccc(C#N)c3ncccc13)C2. The van der Waals surface area contributed by atoms with Gasteiger partial charge in [0, 0.05) is 30.4 Å². The van der Waals surface area contributed by atoms with Crippen LogP contribution in [0.1, 0.15) is 32.8 Å². The second-order valence-corrected chi connectivity index (χ2v) is 7.98. The second kappa shape index (κ2) is 5.87. The number of anilines is 1. The average Bonchev–Trinajstić information content (AvgIpc) is 2.59. The van der Waals surface area contributed by atoms with Crippen molar-refractivity contribution >= 4 is 22.7 Å². The predicted molar refractivity (Wildman–Crippen MR) is 98.9 cm³/mol. The molecule has 4 heterocycles. The standard InChI is InChI=1S/C20H22N4O2/c1-20(2,3)26-19(25)24-14-9-15(24)12-23(11-14)17-7-6-13(10-21)18-16(17)5-4-8-22-18/h4-8,14-15H,9,11-12H2,1-3H3. The van der Waals surface area contributed by atoms with Crippen LogP contribution in [-0.2, 0) is 4.74 Å². The Morgan fingerprint density at radius 1 is 1.27 bits per heavy atom. The molecule has 3 aliphatic heterocycles. The maximum atomic E-state index is 12.4. The molecule has 2 bridgehead atoms. The van der Waals surface area contributed by atoms with Gasteiger partial charge in [0.1, 0.15) is 11.7 Å². The van der Waals surface area contributed by atoms with Gasteiger partial charge in [-0.05, 0) is 51.5 Å². The monoisotopic (exact) mass is 350 g/mol. The third kappa shape index (κ3) is 2.74. The third-order valence-corrected chi connectivity index (χ3v) is 5.01. The van der Waals surface area contributed by atoms with E-state index in [0.29, 0.717) is 5.56 Å². The van der Waals surface area contributed by atoms with Crippen LogP contribution in [0.4, 0.5) is 10.5 Å². The zero-order chi connectivity index (χ0) is 18.5. The van der Waals surface area contributed by atoms with Crippen LogP contribution in [0.15, 0.2) is 30.5 Å². The van der Waals surface area contributed by atoms with E-state index in [1.165, 1.54) is 0 Å². The fraction of sp³-hybridized carbons (Fsp3) is 0.450. The minimum absolute atomic E-state index is 0.172. The van der Waals surface area contributed by atoms with Crippen molar-refractivity contribution in [2.75, 3.05) is 18.0 Å². The zero-order valence-electron chi connectivity index (χ0n) is 15.3. The van der Waals surface area contributed by atoms with Crippen LogP contribution in [0.3, 0.4) is 0 Å². The molecule has 26 heavy (non-hydrogen) atoms. The van der Waals surface area contributed by atoms with Crippen LogP contribution < -0.4 is 4.90 Å². The normalized spacial score (nSPS) is 21.9. The Hall–Kier alpha value is -2.81. The Bertz CT molecular complexity index is 900. The number of benzene rings is 1. The molecule has 0 saturated carbocycles. The van der Waals surface area contributed by atoms with E-state index in [9.17, 15) is 10.1 Å². The van der Waals surface area contributed by atoms with E-state index in [2.05, 4.69) is 16.0 Å². The Morgan fingerprint density at radius 2 is 2.00 bits per heavy atom. The summed E-state index contributed by atoms with van der Waals surface area (Å²) >= 11 is 0. The number of carbonyl (C=O) groups is 1. The molecule has 2 unspecified atom stereocenters. The molecule has 0 aliphatic carbocycles. The highest BCUT2D eigenvalue weighted by Gasteiger charge is 2.49. The van der Waals surface area contributed by atoms with Crippen LogP contribution >= 0.6 is 0 Å². The highest BCUT2D eigenvalue weighted by molar-refractivity contribution is 5.95. The first-order valence-electron chi connectivity index (χ1n) is 8.91. The van der Waals surface area contributed by atoms with Gasteiger partial charge in [0.05, 0.1) is 23.2 Å². The van der Waals surface area contributed by atoms with Gasteiger partial charge in [0.15, 0.2) is 0 Å². The number of aromatic nitrogens is 1. The highest BCUT2D eigenvalue weighted by atomic mass is 16.6. The summed E-state index contributed by atoms with van der Waals surface area (Å²) in [6, 6.07) is 10.3. The molecule has 3 saturated heterocycles. The van der Waals surface area contributed by atoms with Gasteiger partial charge in [-0.25, -0.2) is 4.79 Å². The minimum Gasteiger partial charge on any atom is -0.444 e. The molecule has 6 nitrogen and oxygen atoms in total. The number of hydrogen-bond donors (Lipinski definition) is 0. The third-order valence-electron chi connectivity index (χ3n) is 5.01. The molecule has 1 amide bonds. The van der Waals surface area contributed by atoms with E-state index in [1.54, 1.807) is 6.20 Å². The lowest BCUT2D eigenvalue weighted by molar-refractivity contribution is -0.0379. The highest BCUT2D eigenvalue weighted by Crippen LogP contribution is 2.38. The first-order chi connectivity index (χ1) is 12.4. The molecule has 0 radical (unpaired) electrons. The Balaban J connectivity index is 1.58. The molecule has 6 heteroatoms. The van der Waals surface area contributed by atoms with Gasteiger partial charge >= 0.3 is 6.09 Å². The smallest absolute Gasteiger partial charge is 0.410 e. The van der Waals surface area contributed by atoms with Crippen LogP contribution in [-0.4, -0.2) is 46.8 Å². The van der Waals surface area contributed by atoms with Gasteiger partial charge in [-0.15, -0.1) is 0 Å². The van der Waals surface area contributed by atoms with E-state index in [4.69, 9.17) is 4.74 Å². The summed E-state index contributed by atoms with van der Waals surface area (Å²) in [6.07, 6.45) is 2.51. The van der Waals surface area contributed by atoms with Crippen LogP contribution in [0.25, 0.3) is 10.9 Å². The number of piperazine rings is 1. The summed E-state index contributed by atoms with van der Waals surface area (Å²) in [6.45, 7) is 7.21. The second-order valence-electron chi connectivity index (χ2n) is 7.98. The number of ether oxygens (including phenoxy) is 1. The number of fused-ring (bicyclic) bond motifs is 3. The maximum Gasteiger partial charge on any atom is 0.410 e. The van der Waals surface area contributed by atoms with Crippen molar-refractivity contribution < 1.29 is 9.53 Å². The van der Waals surface area contributed by atoms with Crippen molar-refractivity contribution in [2.45, 2.75) is 44.9 Å². The topological polar surface area (TPSA) is 69.5 Å². The maximum absolute atomic E-state index is 12.4. The molecular formula is C20H22N4O2. The fourth-order valence-electron chi connectivity index (χ4n) is 3.94. The molecule has 0 spiro atoms. The van der Waals surface area contributed by atoms with Crippen LogP contribution in [0.2, 0.25) is 0 Å². The molecule has 5 rings (SSSR count). The minimum atomic E-state index is -0.477. The molecule has 3 aliphatic rings. The largest absolute Gasteiger partial charge is 0.444 e. The number of carbonyl (C=O) groups excluding carboxylic acids is 1. The number of nitriles is 1. The predicted octanol–water partition coefficient (Wildman–Crippen LogP) is 3.30. The number of hydrogen-bond acceptors (Lipinski definition) is 5. The summed E-state index contributed by atoms with van der Waals surface area (Å²) in [5, 5.41) is 10.3. The Kier molecular flexibility index (Phi) is 3.76. The summed E-state index contributed by atoms with van der Waals surface area (Å²) in [5.74, 6) is 0. The van der Waals surface area contributed by atoms with Crippen molar-refractivity contribution in [2.24, 2.45) is 0 Å². The van der Waals surface area contributed by atoms with Gasteiger partial charge in [0.2, 0.25) is 0 Å². The van der Waals surface area contributed by atoms with E-state index >= 15 is 0 Å². The number of amides is 1. The lowest BCUT2D eigenvalue weighted by atomic mass is 9.87. The van der Waals surface area contributed by atoms with E-state index < -0.39 is 5.60 Å². The first-order valence-corrected chi connectivity index (χ1v) is 8.91. The Labute approximate surface area is 153 Å². The molecular weight excluding hydrogens is 328 g/mol. The summed E-state index contributed by atoms with van der Waals surface area (Å²) in [5.41, 5.74) is 1.92. The number of piperidine rings is 1. The van der Waals surface area contributed by atoms with Gasteiger partial charge in [-0.2, -0.15) is 5.26 Å². The summed E-state index contributed by atoms with van der Waals surface area (Å²) < 4.78 is 5.54. The van der Waals surface area contributed by atoms with E-state index in [0.717, 1.165) is 36.1 Å². The Morgan fingerprint density at radius 3 is 2.65 bits per heavy atom.